The first-order valence-electron chi connectivity index (χ1n) is 14.6. The van der Waals surface area contributed by atoms with Crippen LogP contribution in [0.25, 0.3) is 86.9 Å². The van der Waals surface area contributed by atoms with E-state index in [0.29, 0.717) is 0 Å². The number of hydrogen-bond donors (Lipinski definition) is 0. The van der Waals surface area contributed by atoms with Crippen LogP contribution in [0.2, 0.25) is 0 Å². The fraction of sp³-hybridized carbons (Fsp3) is 0. The Hall–Kier alpha value is -5.46. The molecule has 0 heteroatoms. The van der Waals surface area contributed by atoms with Crippen LogP contribution in [0.5, 0.6) is 0 Å². The standard InChI is InChI=1S/C42H26/c1-3-12-30-23-32(19-17-27(30)9-1)39-25-34-26-40(33-20-18-28-10-2-4-13-31(28)24-33)42-35-14-6-5-11-29(35)21-22-38(42)41(34)37-16-8-7-15-36(37)39/h1-26H. The zero-order valence-electron chi connectivity index (χ0n) is 23.0. The zero-order valence-corrected chi connectivity index (χ0v) is 23.0. The third-order valence-corrected chi connectivity index (χ3v) is 8.96. The van der Waals surface area contributed by atoms with Crippen LogP contribution < -0.4 is 0 Å². The largest absolute Gasteiger partial charge is 0.0616 e. The quantitative estimate of drug-likeness (QED) is 0.195. The summed E-state index contributed by atoms with van der Waals surface area (Å²) in [5, 5.41) is 15.4. The number of fused-ring (bicyclic) bond motifs is 9. The molecule has 0 saturated heterocycles. The van der Waals surface area contributed by atoms with Crippen molar-refractivity contribution in [1.82, 2.24) is 0 Å². The number of benzene rings is 9. The van der Waals surface area contributed by atoms with E-state index in [-0.39, 0.29) is 0 Å². The molecule has 0 amide bonds. The van der Waals surface area contributed by atoms with Gasteiger partial charge in [0.1, 0.15) is 0 Å². The molecule has 0 spiro atoms. The summed E-state index contributed by atoms with van der Waals surface area (Å²) in [6, 6.07) is 58.2. The van der Waals surface area contributed by atoms with Gasteiger partial charge in [0, 0.05) is 0 Å². The highest BCUT2D eigenvalue weighted by Gasteiger charge is 2.17. The van der Waals surface area contributed by atoms with E-state index in [4.69, 9.17) is 0 Å². The third-order valence-electron chi connectivity index (χ3n) is 8.96. The first-order valence-corrected chi connectivity index (χ1v) is 14.6. The second-order valence-corrected chi connectivity index (χ2v) is 11.3. The molecule has 0 unspecified atom stereocenters. The molecule has 194 valence electrons. The highest BCUT2D eigenvalue weighted by atomic mass is 14.2. The maximum Gasteiger partial charge on any atom is -0.00201 e. The van der Waals surface area contributed by atoms with Gasteiger partial charge in [-0.1, -0.05) is 133 Å². The van der Waals surface area contributed by atoms with Gasteiger partial charge in [0.15, 0.2) is 0 Å². The molecule has 0 fully saturated rings. The molecule has 0 aromatic heterocycles. The molecule has 0 bridgehead atoms. The summed E-state index contributed by atoms with van der Waals surface area (Å²) in [6.45, 7) is 0. The zero-order chi connectivity index (χ0) is 27.6. The molecule has 9 aromatic carbocycles. The summed E-state index contributed by atoms with van der Waals surface area (Å²) >= 11 is 0. The predicted octanol–water partition coefficient (Wildman–Crippen LogP) is 11.9. The van der Waals surface area contributed by atoms with Gasteiger partial charge in [-0.05, 0) is 111 Å². The summed E-state index contributed by atoms with van der Waals surface area (Å²) in [6.07, 6.45) is 0. The molecule has 0 aliphatic carbocycles. The Morgan fingerprint density at radius 1 is 0.238 bits per heavy atom. The molecule has 0 atom stereocenters. The topological polar surface area (TPSA) is 0 Å². The summed E-state index contributed by atoms with van der Waals surface area (Å²) in [7, 11) is 0. The smallest absolute Gasteiger partial charge is 0.00201 e. The number of hydrogen-bond acceptors (Lipinski definition) is 0. The maximum atomic E-state index is 2.44. The molecule has 9 rings (SSSR count). The van der Waals surface area contributed by atoms with Crippen molar-refractivity contribution in [3.05, 3.63) is 158 Å². The van der Waals surface area contributed by atoms with Gasteiger partial charge in [-0.15, -0.1) is 0 Å². The van der Waals surface area contributed by atoms with E-state index in [1.807, 2.05) is 0 Å². The van der Waals surface area contributed by atoms with Crippen molar-refractivity contribution in [3.63, 3.8) is 0 Å². The van der Waals surface area contributed by atoms with E-state index >= 15 is 0 Å². The van der Waals surface area contributed by atoms with Gasteiger partial charge in [-0.3, -0.25) is 0 Å². The fourth-order valence-corrected chi connectivity index (χ4v) is 6.99. The Bertz CT molecular complexity index is 2510. The average molecular weight is 531 g/mol. The van der Waals surface area contributed by atoms with Crippen LogP contribution in [0.15, 0.2) is 158 Å². The normalized spacial score (nSPS) is 11.8. The molecule has 0 aliphatic heterocycles. The molecular weight excluding hydrogens is 504 g/mol. The Morgan fingerprint density at radius 3 is 1.43 bits per heavy atom. The van der Waals surface area contributed by atoms with Gasteiger partial charge in [0.05, 0.1) is 0 Å². The Morgan fingerprint density at radius 2 is 0.738 bits per heavy atom. The van der Waals surface area contributed by atoms with Crippen LogP contribution >= 0.6 is 0 Å². The summed E-state index contributed by atoms with van der Waals surface area (Å²) in [5.41, 5.74) is 5.04. The molecular formula is C42H26. The Kier molecular flexibility index (Phi) is 5.00. The van der Waals surface area contributed by atoms with Crippen LogP contribution in [-0.4, -0.2) is 0 Å². The van der Waals surface area contributed by atoms with Crippen LogP contribution in [0.1, 0.15) is 0 Å². The van der Waals surface area contributed by atoms with Gasteiger partial charge in [0.25, 0.3) is 0 Å². The van der Waals surface area contributed by atoms with Crippen molar-refractivity contribution in [3.8, 4) is 22.3 Å². The lowest BCUT2D eigenvalue weighted by atomic mass is 9.85. The summed E-state index contributed by atoms with van der Waals surface area (Å²) in [5.74, 6) is 0. The first-order chi connectivity index (χ1) is 20.8. The van der Waals surface area contributed by atoms with Crippen LogP contribution in [0, 0.1) is 0 Å². The van der Waals surface area contributed by atoms with Gasteiger partial charge < -0.3 is 0 Å². The molecule has 0 aliphatic rings. The fourth-order valence-electron chi connectivity index (χ4n) is 6.99. The van der Waals surface area contributed by atoms with Crippen molar-refractivity contribution in [1.29, 1.82) is 0 Å². The van der Waals surface area contributed by atoms with Gasteiger partial charge in [0.2, 0.25) is 0 Å². The lowest BCUT2D eigenvalue weighted by molar-refractivity contribution is 1.69. The van der Waals surface area contributed by atoms with Crippen LogP contribution in [-0.2, 0) is 0 Å². The van der Waals surface area contributed by atoms with Crippen molar-refractivity contribution < 1.29 is 0 Å². The molecule has 42 heavy (non-hydrogen) atoms. The molecule has 0 saturated carbocycles. The minimum absolute atomic E-state index is 1.25. The van der Waals surface area contributed by atoms with Crippen molar-refractivity contribution in [2.24, 2.45) is 0 Å². The average Bonchev–Trinajstić information content (AvgIpc) is 3.06. The maximum absolute atomic E-state index is 2.44. The highest BCUT2D eigenvalue weighted by molar-refractivity contribution is 6.30. The minimum atomic E-state index is 1.25. The van der Waals surface area contributed by atoms with Crippen LogP contribution in [0.3, 0.4) is 0 Å². The summed E-state index contributed by atoms with van der Waals surface area (Å²) in [4.78, 5) is 0. The monoisotopic (exact) mass is 530 g/mol. The van der Waals surface area contributed by atoms with E-state index in [1.165, 1.54) is 86.9 Å². The molecule has 0 nitrogen and oxygen atoms in total. The Balaban J connectivity index is 1.44. The second-order valence-electron chi connectivity index (χ2n) is 11.3. The first kappa shape index (κ1) is 23.3. The molecule has 0 N–H and O–H groups in total. The van der Waals surface area contributed by atoms with Crippen molar-refractivity contribution in [2.45, 2.75) is 0 Å². The SMILES string of the molecule is c1ccc2cc(-c3cc4cc(-c5ccc6ccccc6c5)c5c6ccccc6ccc5c4c4ccccc34)ccc2c1. The number of rotatable bonds is 2. The molecule has 9 aromatic rings. The van der Waals surface area contributed by atoms with Gasteiger partial charge in [-0.2, -0.15) is 0 Å². The highest BCUT2D eigenvalue weighted by Crippen LogP contribution is 2.44. The Labute approximate surface area is 244 Å². The van der Waals surface area contributed by atoms with Gasteiger partial charge >= 0.3 is 0 Å². The van der Waals surface area contributed by atoms with E-state index in [1.54, 1.807) is 0 Å². The lowest BCUT2D eigenvalue weighted by Crippen LogP contribution is -1.90. The van der Waals surface area contributed by atoms with Gasteiger partial charge in [-0.25, -0.2) is 0 Å². The van der Waals surface area contributed by atoms with Crippen molar-refractivity contribution in [2.75, 3.05) is 0 Å². The molecule has 0 heterocycles. The lowest BCUT2D eigenvalue weighted by Gasteiger charge is -2.18. The third kappa shape index (κ3) is 3.49. The van der Waals surface area contributed by atoms with E-state index in [2.05, 4.69) is 158 Å². The van der Waals surface area contributed by atoms with Crippen molar-refractivity contribution >= 4 is 64.6 Å². The summed E-state index contributed by atoms with van der Waals surface area (Å²) < 4.78 is 0. The second kappa shape index (κ2) is 9.03. The van der Waals surface area contributed by atoms with Crippen LogP contribution in [0.4, 0.5) is 0 Å². The van der Waals surface area contributed by atoms with E-state index < -0.39 is 0 Å². The molecule has 0 radical (unpaired) electrons. The predicted molar refractivity (Wildman–Crippen MR) is 182 cm³/mol. The van der Waals surface area contributed by atoms with E-state index in [9.17, 15) is 0 Å². The van der Waals surface area contributed by atoms with E-state index in [0.717, 1.165) is 0 Å². The minimum Gasteiger partial charge on any atom is -0.0616 e.